The molecule has 14 heavy (non-hydrogen) atoms. The van der Waals surface area contributed by atoms with E-state index < -0.39 is 12.0 Å². The minimum Gasteiger partial charge on any atom is -0.334 e. The number of para-hydroxylation sites is 2. The largest absolute Gasteiger partial charge is 0.449 e. The van der Waals surface area contributed by atoms with Gasteiger partial charge in [0, 0.05) is 0 Å². The smallest absolute Gasteiger partial charge is 0.334 e. The number of alkyl halides is 3. The van der Waals surface area contributed by atoms with Crippen LogP contribution in [0.2, 0.25) is 0 Å². The van der Waals surface area contributed by atoms with Crippen LogP contribution in [0.15, 0.2) is 24.3 Å². The second kappa shape index (κ2) is 3.49. The zero-order valence-electron chi connectivity index (χ0n) is 6.80. The lowest BCUT2D eigenvalue weighted by Crippen LogP contribution is -2.06. The average Bonchev–Trinajstić information content (AvgIpc) is 2.45. The number of nitrogens with one attached hydrogen (secondary N) is 1. The Morgan fingerprint density at radius 2 is 1.79 bits per heavy atom. The summed E-state index contributed by atoms with van der Waals surface area (Å²) in [7, 11) is 0. The van der Waals surface area contributed by atoms with Crippen LogP contribution in [-0.2, 0) is 6.18 Å². The fourth-order valence-corrected chi connectivity index (χ4v) is 1.09. The molecular formula is C8H6ClF3N2. The van der Waals surface area contributed by atoms with Crippen molar-refractivity contribution in [1.29, 1.82) is 0 Å². The van der Waals surface area contributed by atoms with Gasteiger partial charge in [0.1, 0.15) is 0 Å². The van der Waals surface area contributed by atoms with E-state index in [0.717, 1.165) is 0 Å². The van der Waals surface area contributed by atoms with Gasteiger partial charge >= 0.3 is 6.18 Å². The summed E-state index contributed by atoms with van der Waals surface area (Å²) in [5, 5.41) is 0. The van der Waals surface area contributed by atoms with Crippen LogP contribution < -0.4 is 0 Å². The quantitative estimate of drug-likeness (QED) is 0.729. The van der Waals surface area contributed by atoms with Crippen LogP contribution in [0.3, 0.4) is 0 Å². The zero-order valence-corrected chi connectivity index (χ0v) is 7.62. The monoisotopic (exact) mass is 222 g/mol. The molecule has 0 atom stereocenters. The number of rotatable bonds is 0. The first-order valence-corrected chi connectivity index (χ1v) is 3.59. The Morgan fingerprint density at radius 1 is 1.14 bits per heavy atom. The first kappa shape index (κ1) is 10.8. The lowest BCUT2D eigenvalue weighted by atomic mass is 10.3. The normalized spacial score (nSPS) is 11.4. The van der Waals surface area contributed by atoms with E-state index in [0.29, 0.717) is 11.0 Å². The van der Waals surface area contributed by atoms with E-state index in [1.165, 1.54) is 6.07 Å². The number of nitrogens with zero attached hydrogens (tertiary/aromatic N) is 1. The zero-order chi connectivity index (χ0) is 9.47. The Kier molecular flexibility index (Phi) is 2.71. The molecule has 0 aliphatic carbocycles. The highest BCUT2D eigenvalue weighted by molar-refractivity contribution is 5.85. The number of hydrogen-bond donors (Lipinski definition) is 1. The number of benzene rings is 1. The maximum atomic E-state index is 12.1. The summed E-state index contributed by atoms with van der Waals surface area (Å²) >= 11 is 0. The molecule has 0 aliphatic rings. The van der Waals surface area contributed by atoms with Gasteiger partial charge in [-0.2, -0.15) is 13.2 Å². The number of halogens is 4. The molecule has 1 aromatic heterocycles. The highest BCUT2D eigenvalue weighted by Gasteiger charge is 2.34. The van der Waals surface area contributed by atoms with E-state index in [2.05, 4.69) is 9.97 Å². The summed E-state index contributed by atoms with van der Waals surface area (Å²) < 4.78 is 36.4. The predicted octanol–water partition coefficient (Wildman–Crippen LogP) is 3.00. The molecule has 2 rings (SSSR count). The summed E-state index contributed by atoms with van der Waals surface area (Å²) in [5.74, 6) is -0.950. The van der Waals surface area contributed by atoms with Gasteiger partial charge in [-0.15, -0.1) is 12.4 Å². The van der Waals surface area contributed by atoms with Gasteiger partial charge in [-0.25, -0.2) is 4.98 Å². The van der Waals surface area contributed by atoms with Crippen LogP contribution in [0.5, 0.6) is 0 Å². The first-order chi connectivity index (χ1) is 6.07. The second-order valence-electron chi connectivity index (χ2n) is 2.60. The van der Waals surface area contributed by atoms with Crippen molar-refractivity contribution in [2.45, 2.75) is 6.18 Å². The molecule has 2 nitrogen and oxygen atoms in total. The van der Waals surface area contributed by atoms with Crippen LogP contribution in [0.1, 0.15) is 5.82 Å². The third-order valence-corrected chi connectivity index (χ3v) is 1.66. The van der Waals surface area contributed by atoms with Crippen LogP contribution in [-0.4, -0.2) is 9.97 Å². The molecule has 1 heterocycles. The van der Waals surface area contributed by atoms with Crippen LogP contribution in [0.25, 0.3) is 11.0 Å². The number of H-pyrrole nitrogens is 1. The summed E-state index contributed by atoms with van der Waals surface area (Å²) in [5.41, 5.74) is 0.727. The fourth-order valence-electron chi connectivity index (χ4n) is 1.09. The summed E-state index contributed by atoms with van der Waals surface area (Å²) in [6.07, 6.45) is -4.40. The maximum Gasteiger partial charge on any atom is 0.449 e. The maximum absolute atomic E-state index is 12.1. The molecule has 0 bridgehead atoms. The molecule has 0 fully saturated rings. The van der Waals surface area contributed by atoms with Gasteiger partial charge < -0.3 is 4.98 Å². The van der Waals surface area contributed by atoms with E-state index in [1.54, 1.807) is 18.2 Å². The van der Waals surface area contributed by atoms with Gasteiger partial charge in [0.05, 0.1) is 11.0 Å². The van der Waals surface area contributed by atoms with Gasteiger partial charge in [0.15, 0.2) is 0 Å². The molecule has 2 aromatic rings. The minimum absolute atomic E-state index is 0. The standard InChI is InChI=1S/C8H5F3N2.ClH/c9-8(10,11)7-12-5-3-1-2-4-6(5)13-7;/h1-4H,(H,12,13);1H. The van der Waals surface area contributed by atoms with Gasteiger partial charge in [-0.1, -0.05) is 12.1 Å². The van der Waals surface area contributed by atoms with Gasteiger partial charge in [0.25, 0.3) is 0 Å². The number of hydrogen-bond acceptors (Lipinski definition) is 1. The predicted molar refractivity (Wildman–Crippen MR) is 48.3 cm³/mol. The second-order valence-corrected chi connectivity index (χ2v) is 2.60. The Hall–Kier alpha value is -1.23. The van der Waals surface area contributed by atoms with Crippen molar-refractivity contribution in [2.24, 2.45) is 0 Å². The van der Waals surface area contributed by atoms with E-state index in [9.17, 15) is 13.2 Å². The number of aromatic amines is 1. The fraction of sp³-hybridized carbons (Fsp3) is 0.125. The molecular weight excluding hydrogens is 217 g/mol. The van der Waals surface area contributed by atoms with E-state index in [1.807, 2.05) is 0 Å². The molecule has 0 aliphatic heterocycles. The van der Waals surface area contributed by atoms with Crippen LogP contribution >= 0.6 is 12.4 Å². The molecule has 0 spiro atoms. The topological polar surface area (TPSA) is 28.7 Å². The first-order valence-electron chi connectivity index (χ1n) is 3.59. The molecule has 6 heteroatoms. The van der Waals surface area contributed by atoms with E-state index in [-0.39, 0.29) is 12.4 Å². The average molecular weight is 223 g/mol. The SMILES string of the molecule is Cl.FC(F)(F)c1nc2ccccc2[nH]1. The summed E-state index contributed by atoms with van der Waals surface area (Å²) in [6, 6.07) is 6.38. The van der Waals surface area contributed by atoms with Gasteiger partial charge in [-0.3, -0.25) is 0 Å². The molecule has 0 unspecified atom stereocenters. The van der Waals surface area contributed by atoms with Crippen molar-refractivity contribution >= 4 is 23.4 Å². The summed E-state index contributed by atoms with van der Waals surface area (Å²) in [6.45, 7) is 0. The molecule has 0 amide bonds. The Balaban J connectivity index is 0.000000980. The third kappa shape index (κ3) is 1.82. The molecule has 0 saturated heterocycles. The van der Waals surface area contributed by atoms with Crippen molar-refractivity contribution in [3.8, 4) is 0 Å². The van der Waals surface area contributed by atoms with E-state index in [4.69, 9.17) is 0 Å². The minimum atomic E-state index is -4.40. The van der Waals surface area contributed by atoms with Crippen molar-refractivity contribution in [2.75, 3.05) is 0 Å². The number of aromatic nitrogens is 2. The highest BCUT2D eigenvalue weighted by Crippen LogP contribution is 2.28. The number of fused-ring (bicyclic) bond motifs is 1. The molecule has 0 radical (unpaired) electrons. The number of imidazole rings is 1. The molecule has 1 N–H and O–H groups in total. The van der Waals surface area contributed by atoms with Crippen molar-refractivity contribution in [3.63, 3.8) is 0 Å². The Bertz CT molecular complexity index is 402. The highest BCUT2D eigenvalue weighted by atomic mass is 35.5. The lowest BCUT2D eigenvalue weighted by Gasteiger charge is -1.98. The van der Waals surface area contributed by atoms with Crippen LogP contribution in [0, 0.1) is 0 Å². The summed E-state index contributed by atoms with van der Waals surface area (Å²) in [4.78, 5) is 5.60. The van der Waals surface area contributed by atoms with Crippen molar-refractivity contribution in [1.82, 2.24) is 9.97 Å². The third-order valence-electron chi connectivity index (χ3n) is 1.66. The van der Waals surface area contributed by atoms with Gasteiger partial charge in [0.2, 0.25) is 5.82 Å². The Morgan fingerprint density at radius 3 is 2.36 bits per heavy atom. The molecule has 0 saturated carbocycles. The van der Waals surface area contributed by atoms with Crippen molar-refractivity contribution in [3.05, 3.63) is 30.1 Å². The lowest BCUT2D eigenvalue weighted by molar-refractivity contribution is -0.144. The molecule has 76 valence electrons. The van der Waals surface area contributed by atoms with Crippen molar-refractivity contribution < 1.29 is 13.2 Å². The molecule has 1 aromatic carbocycles. The van der Waals surface area contributed by atoms with Crippen LogP contribution in [0.4, 0.5) is 13.2 Å². The van der Waals surface area contributed by atoms with E-state index >= 15 is 0 Å². The van der Waals surface area contributed by atoms with Gasteiger partial charge in [-0.05, 0) is 12.1 Å². The Labute approximate surface area is 83.6 Å².